The third-order valence-electron chi connectivity index (χ3n) is 5.33. The molecule has 9 heteroatoms. The topological polar surface area (TPSA) is 103 Å². The van der Waals surface area contributed by atoms with E-state index in [0.717, 1.165) is 23.7 Å². The predicted molar refractivity (Wildman–Crippen MR) is 106 cm³/mol. The highest BCUT2D eigenvalue weighted by molar-refractivity contribution is 7.90. The lowest BCUT2D eigenvalue weighted by Gasteiger charge is -2.28. The number of carbonyl (C=O) groups is 1. The van der Waals surface area contributed by atoms with E-state index >= 15 is 0 Å². The molecule has 0 spiro atoms. The van der Waals surface area contributed by atoms with Crippen LogP contribution >= 0.6 is 0 Å². The number of amides is 1. The Morgan fingerprint density at radius 3 is 2.55 bits per heavy atom. The fraction of sp³-hybridized carbons (Fsp3) is 0.300. The molecule has 1 amide bonds. The van der Waals surface area contributed by atoms with Crippen molar-refractivity contribution in [1.29, 1.82) is 0 Å². The third kappa shape index (κ3) is 3.82. The molecule has 4 rings (SSSR count). The molecule has 29 heavy (non-hydrogen) atoms. The summed E-state index contributed by atoms with van der Waals surface area (Å²) in [6.45, 7) is 0.945. The molecule has 1 aliphatic heterocycles. The second-order valence-corrected chi connectivity index (χ2v) is 9.33. The number of fused-ring (bicyclic) bond motifs is 1. The maximum Gasteiger partial charge on any atom is 0.407 e. The van der Waals surface area contributed by atoms with E-state index in [1.807, 2.05) is 6.07 Å². The Hall–Kier alpha value is -2.94. The average Bonchev–Trinajstić information content (AvgIpc) is 3.10. The Balaban J connectivity index is 1.62. The summed E-state index contributed by atoms with van der Waals surface area (Å²) in [6, 6.07) is 9.22. The van der Waals surface area contributed by atoms with Crippen LogP contribution in [0.25, 0.3) is 22.2 Å². The van der Waals surface area contributed by atoms with Crippen molar-refractivity contribution in [2.24, 2.45) is 0 Å². The lowest BCUT2D eigenvalue weighted by atomic mass is 9.96. The Kier molecular flexibility index (Phi) is 4.77. The molecule has 2 aromatic carbocycles. The summed E-state index contributed by atoms with van der Waals surface area (Å²) in [5, 5.41) is 9.07. The van der Waals surface area contributed by atoms with Crippen molar-refractivity contribution < 1.29 is 22.7 Å². The van der Waals surface area contributed by atoms with Crippen LogP contribution in [0.4, 0.5) is 9.18 Å². The number of aromatic nitrogens is 2. The van der Waals surface area contributed by atoms with Crippen molar-refractivity contribution in [3.05, 3.63) is 48.0 Å². The smallest absolute Gasteiger partial charge is 0.407 e. The van der Waals surface area contributed by atoms with Crippen LogP contribution in [0.3, 0.4) is 0 Å². The van der Waals surface area contributed by atoms with Crippen molar-refractivity contribution in [2.45, 2.75) is 23.7 Å². The number of nitrogens with one attached hydrogen (secondary N) is 1. The summed E-state index contributed by atoms with van der Waals surface area (Å²) in [6.07, 6.45) is 1.53. The largest absolute Gasteiger partial charge is 0.465 e. The number of aromatic amines is 1. The highest BCUT2D eigenvalue weighted by Gasteiger charge is 2.25. The van der Waals surface area contributed by atoms with Gasteiger partial charge < -0.3 is 15.0 Å². The van der Waals surface area contributed by atoms with Gasteiger partial charge in [0.1, 0.15) is 11.6 Å². The number of benzene rings is 2. The first kappa shape index (κ1) is 19.4. The van der Waals surface area contributed by atoms with Gasteiger partial charge in [0.2, 0.25) is 0 Å². The summed E-state index contributed by atoms with van der Waals surface area (Å²) >= 11 is 0. The molecule has 152 valence electrons. The molecule has 0 unspecified atom stereocenters. The fourth-order valence-electron chi connectivity index (χ4n) is 3.69. The van der Waals surface area contributed by atoms with E-state index in [-0.39, 0.29) is 10.8 Å². The maximum absolute atomic E-state index is 14.5. The zero-order valence-corrected chi connectivity index (χ0v) is 16.5. The molecule has 3 aromatic rings. The van der Waals surface area contributed by atoms with Gasteiger partial charge >= 0.3 is 6.09 Å². The van der Waals surface area contributed by atoms with Crippen LogP contribution in [0.5, 0.6) is 0 Å². The molecule has 0 atom stereocenters. The standard InChI is InChI=1S/C20H20FN3O4S/c1-29(27,28)14-3-4-15(16(21)11-14)13-2-5-17-18(10-13)23-19(22-17)12-6-8-24(9-7-12)20(25)26/h2-5,10-12H,6-9H2,1H3,(H,22,23)(H,25,26). The first-order valence-electron chi connectivity index (χ1n) is 9.20. The van der Waals surface area contributed by atoms with Gasteiger partial charge in [0.05, 0.1) is 15.9 Å². The second-order valence-electron chi connectivity index (χ2n) is 7.31. The molecule has 0 saturated carbocycles. The molecule has 0 bridgehead atoms. The zero-order valence-electron chi connectivity index (χ0n) is 15.7. The molecule has 1 fully saturated rings. The van der Waals surface area contributed by atoms with E-state index in [0.29, 0.717) is 42.6 Å². The number of halogens is 1. The van der Waals surface area contributed by atoms with Crippen molar-refractivity contribution in [3.63, 3.8) is 0 Å². The number of H-pyrrole nitrogens is 1. The average molecular weight is 417 g/mol. The Bertz CT molecular complexity index is 1200. The van der Waals surface area contributed by atoms with Crippen molar-refractivity contribution in [3.8, 4) is 11.1 Å². The van der Waals surface area contributed by atoms with Crippen LogP contribution in [0.1, 0.15) is 24.6 Å². The SMILES string of the molecule is CS(=O)(=O)c1ccc(-c2ccc3[nH]c(C4CCN(C(=O)O)CC4)nc3c2)c(F)c1. The predicted octanol–water partition coefficient (Wildman–Crippen LogP) is 3.63. The van der Waals surface area contributed by atoms with Crippen LogP contribution in [0.2, 0.25) is 0 Å². The molecular weight excluding hydrogens is 397 g/mol. The lowest BCUT2D eigenvalue weighted by Crippen LogP contribution is -2.37. The monoisotopic (exact) mass is 417 g/mol. The van der Waals surface area contributed by atoms with Crippen molar-refractivity contribution in [1.82, 2.24) is 14.9 Å². The van der Waals surface area contributed by atoms with Crippen LogP contribution < -0.4 is 0 Å². The molecule has 1 saturated heterocycles. The minimum atomic E-state index is -3.47. The first-order valence-corrected chi connectivity index (χ1v) is 11.1. The van der Waals surface area contributed by atoms with Crippen LogP contribution in [0.15, 0.2) is 41.3 Å². The van der Waals surface area contributed by atoms with Gasteiger partial charge in [0.25, 0.3) is 0 Å². The molecule has 2 heterocycles. The zero-order chi connectivity index (χ0) is 20.8. The van der Waals surface area contributed by atoms with Gasteiger partial charge in [-0.3, -0.25) is 0 Å². The number of likely N-dealkylation sites (tertiary alicyclic amines) is 1. The molecule has 1 aromatic heterocycles. The van der Waals surface area contributed by atoms with Crippen LogP contribution in [0, 0.1) is 5.82 Å². The van der Waals surface area contributed by atoms with E-state index < -0.39 is 21.7 Å². The molecular formula is C20H20FN3O4S. The van der Waals surface area contributed by atoms with Crippen molar-refractivity contribution in [2.75, 3.05) is 19.3 Å². The van der Waals surface area contributed by atoms with E-state index in [4.69, 9.17) is 5.11 Å². The molecule has 1 aliphatic rings. The van der Waals surface area contributed by atoms with Gasteiger partial charge in [-0.05, 0) is 42.7 Å². The summed E-state index contributed by atoms with van der Waals surface area (Å²) in [5.74, 6) is 0.339. The number of sulfone groups is 1. The van der Waals surface area contributed by atoms with Crippen LogP contribution in [-0.2, 0) is 9.84 Å². The number of hydrogen-bond acceptors (Lipinski definition) is 4. The Labute approximate surface area is 167 Å². The van der Waals surface area contributed by atoms with Gasteiger partial charge in [-0.15, -0.1) is 0 Å². The number of rotatable bonds is 3. The Morgan fingerprint density at radius 2 is 1.93 bits per heavy atom. The quantitative estimate of drug-likeness (QED) is 0.677. The fourth-order valence-corrected chi connectivity index (χ4v) is 4.32. The molecule has 7 nitrogen and oxygen atoms in total. The Morgan fingerprint density at radius 1 is 1.21 bits per heavy atom. The summed E-state index contributed by atoms with van der Waals surface area (Å²) in [4.78, 5) is 20.3. The third-order valence-corrected chi connectivity index (χ3v) is 6.44. The molecule has 2 N–H and O–H groups in total. The van der Waals surface area contributed by atoms with E-state index in [9.17, 15) is 17.6 Å². The lowest BCUT2D eigenvalue weighted by molar-refractivity contribution is 0.131. The van der Waals surface area contributed by atoms with Gasteiger partial charge in [-0.25, -0.2) is 22.6 Å². The minimum absolute atomic E-state index is 0.0606. The van der Waals surface area contributed by atoms with E-state index in [1.165, 1.54) is 17.0 Å². The van der Waals surface area contributed by atoms with Gasteiger partial charge in [0, 0.05) is 30.8 Å². The van der Waals surface area contributed by atoms with Gasteiger partial charge in [0.15, 0.2) is 9.84 Å². The number of nitrogens with zero attached hydrogens (tertiary/aromatic N) is 2. The molecule has 0 radical (unpaired) electrons. The summed E-state index contributed by atoms with van der Waals surface area (Å²) in [5.41, 5.74) is 2.41. The normalized spacial score (nSPS) is 15.7. The summed E-state index contributed by atoms with van der Waals surface area (Å²) < 4.78 is 37.7. The van der Waals surface area contributed by atoms with Crippen molar-refractivity contribution >= 4 is 27.0 Å². The number of imidazole rings is 1. The number of piperidine rings is 1. The number of carboxylic acid groups (broad SMARTS) is 1. The highest BCUT2D eigenvalue weighted by Crippen LogP contribution is 2.31. The summed E-state index contributed by atoms with van der Waals surface area (Å²) in [7, 11) is -3.47. The van der Waals surface area contributed by atoms with Gasteiger partial charge in [-0.1, -0.05) is 12.1 Å². The molecule has 0 aliphatic carbocycles. The van der Waals surface area contributed by atoms with E-state index in [2.05, 4.69) is 9.97 Å². The first-order chi connectivity index (χ1) is 13.7. The minimum Gasteiger partial charge on any atom is -0.465 e. The van der Waals surface area contributed by atoms with E-state index in [1.54, 1.807) is 12.1 Å². The van der Waals surface area contributed by atoms with Gasteiger partial charge in [-0.2, -0.15) is 0 Å². The number of hydrogen-bond donors (Lipinski definition) is 2. The maximum atomic E-state index is 14.5. The highest BCUT2D eigenvalue weighted by atomic mass is 32.2. The second kappa shape index (κ2) is 7.14. The van der Waals surface area contributed by atoms with Crippen LogP contribution in [-0.4, -0.2) is 53.8 Å².